The van der Waals surface area contributed by atoms with Crippen molar-refractivity contribution < 1.29 is 4.79 Å². The highest BCUT2D eigenvalue weighted by atomic mass is 16.1. The van der Waals surface area contributed by atoms with Crippen LogP contribution in [0.1, 0.15) is 72.1 Å². The topological polar surface area (TPSA) is 55.5 Å². The molecule has 1 amide bonds. The van der Waals surface area contributed by atoms with Gasteiger partial charge in [0.25, 0.3) is 5.91 Å². The van der Waals surface area contributed by atoms with E-state index in [9.17, 15) is 4.79 Å². The molecule has 5 unspecified atom stereocenters. The minimum atomic E-state index is -0.305. The molecule has 5 aliphatic rings. The van der Waals surface area contributed by atoms with Crippen LogP contribution in [0.4, 0.5) is 0 Å². The van der Waals surface area contributed by atoms with E-state index in [4.69, 9.17) is 12.2 Å². The van der Waals surface area contributed by atoms with E-state index < -0.39 is 0 Å². The average molecular weight is 405 g/mol. The Kier molecular flexibility index (Phi) is 4.34. The molecular weight excluding hydrogens is 368 g/mol. The van der Waals surface area contributed by atoms with E-state index in [1.54, 1.807) is 0 Å². The lowest BCUT2D eigenvalue weighted by Gasteiger charge is -2.80. The van der Waals surface area contributed by atoms with Crippen LogP contribution in [-0.2, 0) is 4.79 Å². The number of terminal acetylenes is 1. The highest BCUT2D eigenvalue weighted by Crippen LogP contribution is 2.95. The fourth-order valence-corrected chi connectivity index (χ4v) is 8.91. The van der Waals surface area contributed by atoms with E-state index >= 15 is 0 Å². The number of allylic oxidation sites excluding steroid dienone is 4. The third-order valence-electron chi connectivity index (χ3n) is 10.1. The van der Waals surface area contributed by atoms with Crippen LogP contribution in [0, 0.1) is 51.8 Å². The fourth-order valence-electron chi connectivity index (χ4n) is 8.91. The van der Waals surface area contributed by atoms with E-state index in [0.717, 1.165) is 56.9 Å². The second kappa shape index (κ2) is 6.42. The van der Waals surface area contributed by atoms with Crippen LogP contribution in [-0.4, -0.2) is 18.2 Å². The predicted octanol–water partition coefficient (Wildman–Crippen LogP) is 5.07. The van der Waals surface area contributed by atoms with Gasteiger partial charge in [0.15, 0.2) is 0 Å². The molecule has 0 saturated heterocycles. The van der Waals surface area contributed by atoms with Gasteiger partial charge in [0.05, 0.1) is 5.41 Å². The zero-order chi connectivity index (χ0) is 21.4. The molecule has 5 saturated carbocycles. The van der Waals surface area contributed by atoms with Crippen LogP contribution in [0.2, 0.25) is 0 Å². The monoisotopic (exact) mass is 404 g/mol. The summed E-state index contributed by atoms with van der Waals surface area (Å²) in [6.07, 6.45) is 22.5. The first-order valence-electron chi connectivity index (χ1n) is 11.9. The van der Waals surface area contributed by atoms with Crippen LogP contribution >= 0.6 is 0 Å². The van der Waals surface area contributed by atoms with Gasteiger partial charge in [-0.1, -0.05) is 38.0 Å². The maximum Gasteiger partial charge on any atom is 0.251 e. The Balaban J connectivity index is 1.45. The van der Waals surface area contributed by atoms with Crippen LogP contribution in [0.5, 0.6) is 0 Å². The molecule has 0 radical (unpaired) electrons. The molecule has 3 nitrogen and oxygen atoms in total. The summed E-state index contributed by atoms with van der Waals surface area (Å²) >= 11 is 0. The number of carbonyl (C=O) groups excluding carboxylic acids is 1. The molecule has 5 fully saturated rings. The van der Waals surface area contributed by atoms with Crippen LogP contribution in [0.25, 0.3) is 0 Å². The summed E-state index contributed by atoms with van der Waals surface area (Å²) in [6, 6.07) is 0.323. The summed E-state index contributed by atoms with van der Waals surface area (Å²) < 4.78 is 0. The molecule has 2 N–H and O–H groups in total. The molecule has 0 aromatic heterocycles. The summed E-state index contributed by atoms with van der Waals surface area (Å²) in [4.78, 5) is 18.2. The maximum atomic E-state index is 13.6. The molecule has 160 valence electrons. The van der Waals surface area contributed by atoms with Gasteiger partial charge in [0.1, 0.15) is 0 Å². The quantitative estimate of drug-likeness (QED) is 0.404. The Morgan fingerprint density at radius 2 is 1.83 bits per heavy atom. The molecule has 5 rings (SSSR count). The third-order valence-corrected chi connectivity index (χ3v) is 10.1. The van der Waals surface area contributed by atoms with Gasteiger partial charge < -0.3 is 5.73 Å². The lowest BCUT2D eigenvalue weighted by atomic mass is 9.23. The largest absolute Gasteiger partial charge is 0.328 e. The maximum absolute atomic E-state index is 13.6. The number of hydrogen-bond donors (Lipinski definition) is 1. The van der Waals surface area contributed by atoms with E-state index in [2.05, 4.69) is 36.9 Å². The van der Waals surface area contributed by atoms with Gasteiger partial charge in [0, 0.05) is 23.2 Å². The second-order valence-electron chi connectivity index (χ2n) is 11.6. The first kappa shape index (κ1) is 20.3. The van der Waals surface area contributed by atoms with Crippen molar-refractivity contribution in [1.29, 1.82) is 0 Å². The predicted molar refractivity (Wildman–Crippen MR) is 122 cm³/mol. The van der Waals surface area contributed by atoms with Crippen LogP contribution in [0.3, 0.4) is 0 Å². The van der Waals surface area contributed by atoms with Crippen molar-refractivity contribution in [3.63, 3.8) is 0 Å². The smallest absolute Gasteiger partial charge is 0.251 e. The zero-order valence-corrected chi connectivity index (χ0v) is 18.8. The van der Waals surface area contributed by atoms with E-state index in [0.29, 0.717) is 29.2 Å². The Labute approximate surface area is 181 Å². The van der Waals surface area contributed by atoms with Gasteiger partial charge in [-0.05, 0) is 86.9 Å². The lowest BCUT2D eigenvalue weighted by Crippen LogP contribution is -2.75. The van der Waals surface area contributed by atoms with Gasteiger partial charge in [-0.15, -0.1) is 6.42 Å². The summed E-state index contributed by atoms with van der Waals surface area (Å²) in [7, 11) is 0. The van der Waals surface area contributed by atoms with Crippen molar-refractivity contribution in [3.05, 3.63) is 23.8 Å². The highest BCUT2D eigenvalue weighted by Gasteiger charge is 2.90. The molecule has 0 aliphatic heterocycles. The molecule has 0 aromatic rings. The molecule has 3 heteroatoms. The van der Waals surface area contributed by atoms with Crippen molar-refractivity contribution >= 4 is 12.1 Å². The average Bonchev–Trinajstić information content (AvgIpc) is 3.19. The summed E-state index contributed by atoms with van der Waals surface area (Å²) in [5.74, 6) is 4.87. The SMILES string of the molecule is C#C/C(=C\C=C/C)C12CC3C(C)(C)C4CC(C(=O)N=CC5CCC(N)CC5)(C1)CC432. The number of amides is 1. The molecule has 5 aliphatic carbocycles. The Bertz CT molecular complexity index is 896. The summed E-state index contributed by atoms with van der Waals surface area (Å²) in [6.45, 7) is 6.85. The molecule has 30 heavy (non-hydrogen) atoms. The normalized spacial score (nSPS) is 48.3. The van der Waals surface area contributed by atoms with E-state index in [1.165, 1.54) is 0 Å². The first-order chi connectivity index (χ1) is 14.3. The summed E-state index contributed by atoms with van der Waals surface area (Å²) in [5.41, 5.74) is 7.42. The van der Waals surface area contributed by atoms with Crippen LogP contribution in [0.15, 0.2) is 28.8 Å². The minimum absolute atomic E-state index is 0.0210. The molecule has 5 atom stereocenters. The van der Waals surface area contributed by atoms with Gasteiger partial charge in [-0.25, -0.2) is 4.99 Å². The van der Waals surface area contributed by atoms with E-state index in [-0.39, 0.29) is 22.2 Å². The van der Waals surface area contributed by atoms with E-state index in [1.807, 2.05) is 19.2 Å². The second-order valence-corrected chi connectivity index (χ2v) is 11.6. The summed E-state index contributed by atoms with van der Waals surface area (Å²) in [5, 5.41) is 0. The van der Waals surface area contributed by atoms with Crippen molar-refractivity contribution in [3.8, 4) is 12.3 Å². The van der Waals surface area contributed by atoms with Crippen LogP contribution < -0.4 is 5.73 Å². The molecule has 2 bridgehead atoms. The van der Waals surface area contributed by atoms with Crippen molar-refractivity contribution in [1.82, 2.24) is 0 Å². The number of nitrogens with zero attached hydrogens (tertiary/aromatic N) is 1. The molecular formula is C27H36N2O. The van der Waals surface area contributed by atoms with Gasteiger partial charge in [0.2, 0.25) is 0 Å². The van der Waals surface area contributed by atoms with Gasteiger partial charge in [-0.3, -0.25) is 4.79 Å². The Hall–Kier alpha value is -1.66. The standard InChI is InChI=1S/C27H36N2O/c1-5-7-8-19(6-2)26-14-22-24(3,4)21-13-25(16-26,17-27(21,22)26)23(30)29-15-18-9-11-20(28)12-10-18/h2,5,7-8,15,18,20-22H,9-14,16-17,28H2,1,3-4H3/b7-5-,19-8+,29-15?. The molecule has 1 spiro atoms. The Morgan fingerprint density at radius 3 is 2.50 bits per heavy atom. The number of fused-ring (bicyclic) bond motifs is 1. The number of nitrogens with two attached hydrogens (primary N) is 1. The van der Waals surface area contributed by atoms with Crippen molar-refractivity contribution in [2.75, 3.05) is 0 Å². The Morgan fingerprint density at radius 1 is 1.13 bits per heavy atom. The number of aliphatic imine (C=N–C) groups is 1. The van der Waals surface area contributed by atoms with Crippen molar-refractivity contribution in [2.24, 2.45) is 50.1 Å². The number of carbonyl (C=O) groups is 1. The first-order valence-corrected chi connectivity index (χ1v) is 11.9. The van der Waals surface area contributed by atoms with Gasteiger partial charge in [-0.2, -0.15) is 0 Å². The number of rotatable bonds is 4. The third kappa shape index (κ3) is 2.27. The lowest BCUT2D eigenvalue weighted by molar-refractivity contribution is -0.309. The minimum Gasteiger partial charge on any atom is -0.328 e. The molecule has 0 heterocycles. The van der Waals surface area contributed by atoms with Crippen molar-refractivity contribution in [2.45, 2.75) is 78.2 Å². The number of hydrogen-bond acceptors (Lipinski definition) is 2. The molecule has 0 aromatic carbocycles. The zero-order valence-electron chi connectivity index (χ0n) is 18.8. The fraction of sp³-hybridized carbons (Fsp3) is 0.704. The highest BCUT2D eigenvalue weighted by molar-refractivity contribution is 5.91. The van der Waals surface area contributed by atoms with Gasteiger partial charge >= 0.3 is 0 Å².